The fourth-order valence-electron chi connectivity index (χ4n) is 7.25. The van der Waals surface area contributed by atoms with Gasteiger partial charge < -0.3 is 34.3 Å². The van der Waals surface area contributed by atoms with Crippen molar-refractivity contribution in [3.05, 3.63) is 125 Å². The molecule has 62 heavy (non-hydrogen) atoms. The lowest BCUT2D eigenvalue weighted by atomic mass is 9.97. The number of hydrogen-bond donors (Lipinski definition) is 2. The van der Waals surface area contributed by atoms with Gasteiger partial charge in [-0.15, -0.1) is 0 Å². The summed E-state index contributed by atoms with van der Waals surface area (Å²) in [6.45, 7) is 4.35. The van der Waals surface area contributed by atoms with E-state index >= 15 is 0 Å². The maximum absolute atomic E-state index is 13.7. The van der Waals surface area contributed by atoms with Crippen LogP contribution in [-0.4, -0.2) is 68.8 Å². The molecule has 13 heteroatoms. The lowest BCUT2D eigenvalue weighted by molar-refractivity contribution is -0.122. The first-order chi connectivity index (χ1) is 30.2. The Morgan fingerprint density at radius 2 is 1.50 bits per heavy atom. The molecular formula is C49H55ClFN5O6. The van der Waals surface area contributed by atoms with E-state index in [0.29, 0.717) is 72.1 Å². The number of nitrogens with one attached hydrogen (secondary N) is 2. The first-order valence-electron chi connectivity index (χ1n) is 20.8. The molecule has 0 unspecified atom stereocenters. The van der Waals surface area contributed by atoms with Gasteiger partial charge in [0.2, 0.25) is 5.91 Å². The van der Waals surface area contributed by atoms with Crippen molar-refractivity contribution < 1.29 is 32.9 Å². The van der Waals surface area contributed by atoms with Crippen molar-refractivity contribution in [3.63, 3.8) is 0 Å². The fourth-order valence-corrected chi connectivity index (χ4v) is 7.43. The highest BCUT2D eigenvalue weighted by Gasteiger charge is 2.18. The number of halogens is 2. The zero-order chi connectivity index (χ0) is 43.8. The summed E-state index contributed by atoms with van der Waals surface area (Å²) in [6, 6.07) is 28.4. The van der Waals surface area contributed by atoms with Crippen LogP contribution in [0.5, 0.6) is 28.7 Å². The van der Waals surface area contributed by atoms with Crippen molar-refractivity contribution in [1.82, 2.24) is 20.2 Å². The van der Waals surface area contributed by atoms with Crippen LogP contribution in [0.25, 0.3) is 22.0 Å². The van der Waals surface area contributed by atoms with Crippen molar-refractivity contribution >= 4 is 39.9 Å². The number of nitrogens with zero attached hydrogens (tertiary/aromatic N) is 3. The number of ether oxygens (including phenoxy) is 5. The number of rotatable bonds is 23. The molecule has 1 aromatic heterocycles. The van der Waals surface area contributed by atoms with E-state index in [2.05, 4.69) is 57.9 Å². The van der Waals surface area contributed by atoms with E-state index in [1.807, 2.05) is 54.4 Å². The predicted octanol–water partition coefficient (Wildman–Crippen LogP) is 10.7. The Hall–Kier alpha value is -6.11. The summed E-state index contributed by atoms with van der Waals surface area (Å²) in [7, 11) is 6.75. The average Bonchev–Trinajstić information content (AvgIpc) is 3.28. The molecule has 2 N–H and O–H groups in total. The van der Waals surface area contributed by atoms with Crippen molar-refractivity contribution in [3.8, 4) is 39.9 Å². The van der Waals surface area contributed by atoms with Gasteiger partial charge in [-0.2, -0.15) is 0 Å². The van der Waals surface area contributed by atoms with E-state index in [-0.39, 0.29) is 17.5 Å². The van der Waals surface area contributed by atoms with Crippen LogP contribution < -0.4 is 34.3 Å². The average molecular weight is 864 g/mol. The molecule has 0 spiro atoms. The van der Waals surface area contributed by atoms with Crippen LogP contribution in [0.1, 0.15) is 55.2 Å². The van der Waals surface area contributed by atoms with Crippen molar-refractivity contribution in [2.75, 3.05) is 53.4 Å². The van der Waals surface area contributed by atoms with Gasteiger partial charge in [0.1, 0.15) is 41.8 Å². The molecule has 0 bridgehead atoms. The summed E-state index contributed by atoms with van der Waals surface area (Å²) in [5.74, 6) is 3.08. The summed E-state index contributed by atoms with van der Waals surface area (Å²) in [6.07, 6.45) is 7.39. The molecule has 0 fully saturated rings. The van der Waals surface area contributed by atoms with Crippen LogP contribution in [0, 0.1) is 12.7 Å². The molecule has 0 radical (unpaired) electrons. The Labute approximate surface area is 368 Å². The van der Waals surface area contributed by atoms with Gasteiger partial charge in [-0.1, -0.05) is 85.8 Å². The third-order valence-electron chi connectivity index (χ3n) is 10.6. The number of hydrogen-bond acceptors (Lipinski definition) is 10. The summed E-state index contributed by atoms with van der Waals surface area (Å²) >= 11 is 5.97. The lowest BCUT2D eigenvalue weighted by Crippen LogP contribution is -2.35. The molecule has 0 aliphatic heterocycles. The number of anilines is 2. The third kappa shape index (κ3) is 12.3. The van der Waals surface area contributed by atoms with E-state index in [1.165, 1.54) is 35.2 Å². The van der Waals surface area contributed by atoms with Gasteiger partial charge in [-0.25, -0.2) is 14.4 Å². The van der Waals surface area contributed by atoms with E-state index < -0.39 is 5.82 Å². The van der Waals surface area contributed by atoms with Gasteiger partial charge in [-0.05, 0) is 73.3 Å². The molecule has 1 heterocycles. The minimum atomic E-state index is -0.493. The van der Waals surface area contributed by atoms with Gasteiger partial charge in [0.05, 0.1) is 50.6 Å². The highest BCUT2D eigenvalue weighted by Crippen LogP contribution is 2.37. The van der Waals surface area contributed by atoms with Gasteiger partial charge >= 0.3 is 0 Å². The van der Waals surface area contributed by atoms with E-state index in [0.717, 1.165) is 55.0 Å². The Bertz CT molecular complexity index is 2390. The molecule has 326 valence electrons. The molecule has 0 aliphatic rings. The maximum atomic E-state index is 13.7. The van der Waals surface area contributed by atoms with Crippen LogP contribution in [0.15, 0.2) is 97.3 Å². The molecule has 0 saturated heterocycles. The Morgan fingerprint density at radius 1 is 0.774 bits per heavy atom. The quantitative estimate of drug-likeness (QED) is 0.0603. The highest BCUT2D eigenvalue weighted by atomic mass is 35.5. The number of carbonyl (C=O) groups is 1. The minimum absolute atomic E-state index is 0.0165. The van der Waals surface area contributed by atoms with Crippen LogP contribution in [0.2, 0.25) is 5.02 Å². The van der Waals surface area contributed by atoms with Crippen LogP contribution in [-0.2, 0) is 17.9 Å². The molecule has 0 saturated carbocycles. The second-order valence-corrected chi connectivity index (χ2v) is 15.4. The highest BCUT2D eigenvalue weighted by molar-refractivity contribution is 6.31. The molecular weight excluding hydrogens is 809 g/mol. The number of carbonyl (C=O) groups excluding carboxylic acids is 1. The zero-order valence-corrected chi connectivity index (χ0v) is 36.8. The molecule has 6 aromatic rings. The molecule has 0 aliphatic carbocycles. The number of likely N-dealkylation sites (N-methyl/N-ethyl adjacent to an activating group) is 1. The molecule has 1 amide bonds. The number of aromatic nitrogens is 2. The summed E-state index contributed by atoms with van der Waals surface area (Å²) in [5, 5.41) is 7.00. The van der Waals surface area contributed by atoms with E-state index in [1.54, 1.807) is 27.4 Å². The summed E-state index contributed by atoms with van der Waals surface area (Å²) in [4.78, 5) is 23.6. The SMILES string of the molecule is COc1cc2ncnc(Nc3ccc(F)c(Cl)c3)c2cc1OCCCCCCCCNC(=O)CN(C)Cc1c(OC)cc(OCc2cccc(-c3ccccc3)c2C)cc1OC. The lowest BCUT2D eigenvalue weighted by Gasteiger charge is -2.21. The van der Waals surface area contributed by atoms with E-state index in [9.17, 15) is 9.18 Å². The van der Waals surface area contributed by atoms with Gasteiger partial charge in [-0.3, -0.25) is 9.69 Å². The third-order valence-corrected chi connectivity index (χ3v) is 10.9. The Morgan fingerprint density at radius 3 is 2.23 bits per heavy atom. The molecule has 11 nitrogen and oxygen atoms in total. The van der Waals surface area contributed by atoms with Crippen molar-refractivity contribution in [2.24, 2.45) is 0 Å². The predicted molar refractivity (Wildman–Crippen MR) is 244 cm³/mol. The number of amides is 1. The minimum Gasteiger partial charge on any atom is -0.496 e. The van der Waals surface area contributed by atoms with Crippen molar-refractivity contribution in [2.45, 2.75) is 58.6 Å². The maximum Gasteiger partial charge on any atom is 0.234 e. The second kappa shape index (κ2) is 22.7. The smallest absolute Gasteiger partial charge is 0.234 e. The summed E-state index contributed by atoms with van der Waals surface area (Å²) in [5.41, 5.74) is 6.73. The van der Waals surface area contributed by atoms with Gasteiger partial charge in [0.25, 0.3) is 0 Å². The Balaban J connectivity index is 0.888. The second-order valence-electron chi connectivity index (χ2n) is 15.0. The molecule has 0 atom stereocenters. The fraction of sp³-hybridized carbons (Fsp3) is 0.327. The Kier molecular flexibility index (Phi) is 16.6. The normalized spacial score (nSPS) is 11.1. The number of benzene rings is 5. The van der Waals surface area contributed by atoms with Crippen molar-refractivity contribution in [1.29, 1.82) is 0 Å². The first kappa shape index (κ1) is 45.4. The van der Waals surface area contributed by atoms with Crippen LogP contribution >= 0.6 is 11.6 Å². The number of methoxy groups -OCH3 is 3. The molecule has 6 rings (SSSR count). The zero-order valence-electron chi connectivity index (χ0n) is 36.1. The van der Waals surface area contributed by atoms with E-state index in [4.69, 9.17) is 35.3 Å². The molecule has 5 aromatic carbocycles. The first-order valence-corrected chi connectivity index (χ1v) is 21.2. The van der Waals surface area contributed by atoms with Crippen LogP contribution in [0.4, 0.5) is 15.9 Å². The topological polar surface area (TPSA) is 116 Å². The monoisotopic (exact) mass is 863 g/mol. The summed E-state index contributed by atoms with van der Waals surface area (Å²) < 4.78 is 43.2. The number of fused-ring (bicyclic) bond motifs is 1. The van der Waals surface area contributed by atoms with Gasteiger partial charge in [0, 0.05) is 42.4 Å². The standard InChI is InChI=1S/C49H55ClFN5O6/c1-33-35(18-15-19-38(33)34-16-11-10-12-17-34)31-62-37-25-44(58-3)40(45(26-37)59-4)29-56(2)30-48(57)52-22-13-8-6-7-9-14-23-61-47-27-39-43(28-46(47)60-5)53-32-54-49(39)55-36-20-21-42(51)41(50)24-36/h10-12,15-21,24-28,32H,6-9,13-14,22-23,29-31H2,1-5H3,(H,52,57)(H,53,54,55). The largest absolute Gasteiger partial charge is 0.496 e. The van der Waals surface area contributed by atoms with Crippen LogP contribution in [0.3, 0.4) is 0 Å². The van der Waals surface area contributed by atoms with Gasteiger partial charge in [0.15, 0.2) is 11.5 Å². The number of unbranched alkanes of at least 4 members (excludes halogenated alkanes) is 5.